The quantitative estimate of drug-likeness (QED) is 0.658. The molecule has 0 aliphatic carbocycles. The van der Waals surface area contributed by atoms with E-state index in [1.807, 2.05) is 24.3 Å². The first-order chi connectivity index (χ1) is 15.1. The summed E-state index contributed by atoms with van der Waals surface area (Å²) in [7, 11) is 0. The van der Waals surface area contributed by atoms with Crippen molar-refractivity contribution in [2.45, 2.75) is 25.7 Å². The SMILES string of the molecule is O=C(Nc1nc2ccccc2nc1N1CCCC1)c1ccc(N2C(=O)CCC2=O)cc1. The Labute approximate surface area is 178 Å². The maximum Gasteiger partial charge on any atom is 0.256 e. The Kier molecular flexibility index (Phi) is 4.82. The standard InChI is InChI=1S/C23H21N5O3/c29-19-11-12-20(30)28(19)16-9-7-15(8-10-16)23(31)26-21-22(27-13-3-4-14-27)25-18-6-2-1-5-17(18)24-21/h1-2,5-10H,3-4,11-14H2,(H,24,26,31). The molecule has 3 amide bonds. The highest BCUT2D eigenvalue weighted by Crippen LogP contribution is 2.29. The van der Waals surface area contributed by atoms with Crippen LogP contribution in [0.15, 0.2) is 48.5 Å². The molecule has 0 radical (unpaired) electrons. The number of anilines is 3. The molecule has 0 atom stereocenters. The van der Waals surface area contributed by atoms with Gasteiger partial charge < -0.3 is 10.2 Å². The van der Waals surface area contributed by atoms with Gasteiger partial charge in [-0.1, -0.05) is 12.1 Å². The second-order valence-electron chi connectivity index (χ2n) is 7.70. The van der Waals surface area contributed by atoms with Crippen molar-refractivity contribution in [2.75, 3.05) is 28.2 Å². The Morgan fingerprint density at radius 1 is 0.839 bits per heavy atom. The summed E-state index contributed by atoms with van der Waals surface area (Å²) in [6, 6.07) is 14.0. The molecule has 2 aliphatic rings. The minimum Gasteiger partial charge on any atom is -0.354 e. The lowest BCUT2D eigenvalue weighted by Crippen LogP contribution is -2.28. The number of rotatable bonds is 4. The molecule has 2 aromatic carbocycles. The first-order valence-electron chi connectivity index (χ1n) is 10.4. The second kappa shape index (κ2) is 7.79. The first kappa shape index (κ1) is 19.2. The lowest BCUT2D eigenvalue weighted by atomic mass is 10.2. The van der Waals surface area contributed by atoms with Gasteiger partial charge in [-0.05, 0) is 49.2 Å². The number of hydrogen-bond acceptors (Lipinski definition) is 6. The van der Waals surface area contributed by atoms with Gasteiger partial charge in [-0.2, -0.15) is 0 Å². The molecule has 2 fully saturated rings. The summed E-state index contributed by atoms with van der Waals surface area (Å²) >= 11 is 0. The van der Waals surface area contributed by atoms with Crippen LogP contribution >= 0.6 is 0 Å². The molecule has 3 aromatic rings. The Morgan fingerprint density at radius 3 is 2.10 bits per heavy atom. The van der Waals surface area contributed by atoms with Gasteiger partial charge in [-0.25, -0.2) is 9.97 Å². The van der Waals surface area contributed by atoms with Crippen LogP contribution in [0, 0.1) is 0 Å². The van der Waals surface area contributed by atoms with Crippen LogP contribution in [-0.2, 0) is 9.59 Å². The van der Waals surface area contributed by atoms with E-state index in [1.165, 1.54) is 4.90 Å². The van der Waals surface area contributed by atoms with E-state index in [0.717, 1.165) is 31.4 Å². The zero-order chi connectivity index (χ0) is 21.4. The maximum absolute atomic E-state index is 12.9. The summed E-state index contributed by atoms with van der Waals surface area (Å²) in [6.45, 7) is 1.75. The summed E-state index contributed by atoms with van der Waals surface area (Å²) in [6.07, 6.45) is 2.61. The van der Waals surface area contributed by atoms with Crippen molar-refractivity contribution in [1.82, 2.24) is 9.97 Å². The lowest BCUT2D eigenvalue weighted by molar-refractivity contribution is -0.121. The summed E-state index contributed by atoms with van der Waals surface area (Å²) in [4.78, 5) is 49.5. The van der Waals surface area contributed by atoms with Gasteiger partial charge in [0.2, 0.25) is 11.8 Å². The number of fused-ring (bicyclic) bond motifs is 1. The molecule has 0 bridgehead atoms. The average Bonchev–Trinajstić information content (AvgIpc) is 3.43. The summed E-state index contributed by atoms with van der Waals surface area (Å²) < 4.78 is 0. The summed E-state index contributed by atoms with van der Waals surface area (Å²) in [5.41, 5.74) is 2.38. The van der Waals surface area contributed by atoms with Gasteiger partial charge >= 0.3 is 0 Å². The Bertz CT molecular complexity index is 1170. The molecule has 5 rings (SSSR count). The predicted molar refractivity (Wildman–Crippen MR) is 117 cm³/mol. The Balaban J connectivity index is 1.42. The lowest BCUT2D eigenvalue weighted by Gasteiger charge is -2.20. The minimum atomic E-state index is -0.323. The number of benzene rings is 2. The van der Waals surface area contributed by atoms with Gasteiger partial charge in [0.15, 0.2) is 11.6 Å². The number of para-hydroxylation sites is 2. The highest BCUT2D eigenvalue weighted by atomic mass is 16.2. The van der Waals surface area contributed by atoms with Crippen molar-refractivity contribution in [3.05, 3.63) is 54.1 Å². The molecule has 156 valence electrons. The third kappa shape index (κ3) is 3.61. The smallest absolute Gasteiger partial charge is 0.256 e. The number of carbonyl (C=O) groups is 3. The van der Waals surface area contributed by atoms with E-state index in [4.69, 9.17) is 4.98 Å². The molecule has 2 saturated heterocycles. The molecule has 8 nitrogen and oxygen atoms in total. The fraction of sp³-hybridized carbons (Fsp3) is 0.261. The molecule has 1 aromatic heterocycles. The summed E-state index contributed by atoms with van der Waals surface area (Å²) in [5.74, 6) is 0.345. The first-order valence-corrected chi connectivity index (χ1v) is 10.4. The van der Waals surface area contributed by atoms with E-state index in [2.05, 4.69) is 15.2 Å². The number of amides is 3. The average molecular weight is 415 g/mol. The van der Waals surface area contributed by atoms with Gasteiger partial charge in [-0.3, -0.25) is 19.3 Å². The Hall–Kier alpha value is -3.81. The van der Waals surface area contributed by atoms with Crippen molar-refractivity contribution < 1.29 is 14.4 Å². The molecule has 0 unspecified atom stereocenters. The van der Waals surface area contributed by atoms with Crippen molar-refractivity contribution >= 4 is 46.1 Å². The predicted octanol–water partition coefficient (Wildman–Crippen LogP) is 3.14. The van der Waals surface area contributed by atoms with Gasteiger partial charge in [0.25, 0.3) is 5.91 Å². The number of nitrogens with zero attached hydrogens (tertiary/aromatic N) is 4. The molecule has 3 heterocycles. The van der Waals surface area contributed by atoms with Crippen LogP contribution in [0.3, 0.4) is 0 Å². The van der Waals surface area contributed by atoms with Crippen molar-refractivity contribution in [3.8, 4) is 0 Å². The highest BCUT2D eigenvalue weighted by molar-refractivity contribution is 6.20. The van der Waals surface area contributed by atoms with Crippen LogP contribution in [0.1, 0.15) is 36.0 Å². The molecule has 2 aliphatic heterocycles. The van der Waals surface area contributed by atoms with Crippen LogP contribution in [0.2, 0.25) is 0 Å². The van der Waals surface area contributed by atoms with Crippen molar-refractivity contribution in [3.63, 3.8) is 0 Å². The summed E-state index contributed by atoms with van der Waals surface area (Å²) in [5, 5.41) is 2.90. The van der Waals surface area contributed by atoms with Crippen molar-refractivity contribution in [2.24, 2.45) is 0 Å². The molecule has 8 heteroatoms. The van der Waals surface area contributed by atoms with Gasteiger partial charge in [0.05, 0.1) is 16.7 Å². The molecular weight excluding hydrogens is 394 g/mol. The molecular formula is C23H21N5O3. The van der Waals surface area contributed by atoms with Crippen LogP contribution in [0.25, 0.3) is 11.0 Å². The van der Waals surface area contributed by atoms with E-state index in [-0.39, 0.29) is 30.6 Å². The van der Waals surface area contributed by atoms with E-state index >= 15 is 0 Å². The fourth-order valence-corrected chi connectivity index (χ4v) is 4.03. The zero-order valence-electron chi connectivity index (χ0n) is 16.9. The molecule has 0 spiro atoms. The highest BCUT2D eigenvalue weighted by Gasteiger charge is 2.30. The van der Waals surface area contributed by atoms with Gasteiger partial charge in [0.1, 0.15) is 0 Å². The zero-order valence-corrected chi connectivity index (χ0v) is 16.9. The van der Waals surface area contributed by atoms with Crippen LogP contribution in [-0.4, -0.2) is 40.8 Å². The van der Waals surface area contributed by atoms with Crippen molar-refractivity contribution in [1.29, 1.82) is 0 Å². The minimum absolute atomic E-state index is 0.219. The topological polar surface area (TPSA) is 95.5 Å². The fourth-order valence-electron chi connectivity index (χ4n) is 4.03. The van der Waals surface area contributed by atoms with Crippen LogP contribution in [0.5, 0.6) is 0 Å². The van der Waals surface area contributed by atoms with Crippen LogP contribution < -0.4 is 15.1 Å². The third-order valence-electron chi connectivity index (χ3n) is 5.63. The maximum atomic E-state index is 12.9. The number of imide groups is 1. The van der Waals surface area contributed by atoms with E-state index in [1.54, 1.807) is 24.3 Å². The largest absolute Gasteiger partial charge is 0.354 e. The molecule has 1 N–H and O–H groups in total. The van der Waals surface area contributed by atoms with Gasteiger partial charge in [0, 0.05) is 31.5 Å². The number of aromatic nitrogens is 2. The normalized spacial score (nSPS) is 16.4. The number of hydrogen-bond donors (Lipinski definition) is 1. The van der Waals surface area contributed by atoms with E-state index in [9.17, 15) is 14.4 Å². The monoisotopic (exact) mass is 415 g/mol. The molecule has 31 heavy (non-hydrogen) atoms. The third-order valence-corrected chi connectivity index (χ3v) is 5.63. The number of carbonyl (C=O) groups excluding carboxylic acids is 3. The number of nitrogens with one attached hydrogen (secondary N) is 1. The Morgan fingerprint density at radius 2 is 1.45 bits per heavy atom. The van der Waals surface area contributed by atoms with E-state index in [0.29, 0.717) is 28.4 Å². The second-order valence-corrected chi connectivity index (χ2v) is 7.70. The van der Waals surface area contributed by atoms with Crippen LogP contribution in [0.4, 0.5) is 17.3 Å². The molecule has 0 saturated carbocycles. The van der Waals surface area contributed by atoms with Gasteiger partial charge in [-0.15, -0.1) is 0 Å². The van der Waals surface area contributed by atoms with E-state index < -0.39 is 0 Å².